The fourth-order valence-corrected chi connectivity index (χ4v) is 4.56. The summed E-state index contributed by atoms with van der Waals surface area (Å²) in [5, 5.41) is 15.1. The number of benzene rings is 2. The monoisotopic (exact) mass is 521 g/mol. The second-order valence-electron chi connectivity index (χ2n) is 9.53. The Hall–Kier alpha value is -3.90. The van der Waals surface area contributed by atoms with Crippen LogP contribution in [0.2, 0.25) is 5.02 Å². The first-order valence-electron chi connectivity index (χ1n) is 12.3. The summed E-state index contributed by atoms with van der Waals surface area (Å²) in [6.07, 6.45) is 2.24. The lowest BCUT2D eigenvalue weighted by atomic mass is 10.0. The van der Waals surface area contributed by atoms with E-state index in [4.69, 9.17) is 16.9 Å². The highest BCUT2D eigenvalue weighted by Crippen LogP contribution is 2.30. The number of amides is 2. The maximum absolute atomic E-state index is 13.1. The number of aryl methyl sites for hydroxylation is 1. The number of nitrogens with zero attached hydrogens (tertiary/aromatic N) is 3. The number of carbonyl (C=O) groups is 2. The van der Waals surface area contributed by atoms with Gasteiger partial charge in [0.25, 0.3) is 5.56 Å². The summed E-state index contributed by atoms with van der Waals surface area (Å²) in [4.78, 5) is 51.0. The van der Waals surface area contributed by atoms with Gasteiger partial charge in [0.15, 0.2) is 0 Å². The van der Waals surface area contributed by atoms with Crippen molar-refractivity contribution in [1.82, 2.24) is 9.13 Å². The number of aromatic nitrogens is 2. The number of fused-ring (bicyclic) bond motifs is 1. The van der Waals surface area contributed by atoms with E-state index in [0.717, 1.165) is 12.8 Å². The predicted octanol–water partition coefficient (Wildman–Crippen LogP) is 4.11. The first-order chi connectivity index (χ1) is 17.7. The number of hydrogen-bond donors (Lipinski definition) is 2. The van der Waals surface area contributed by atoms with Gasteiger partial charge in [0.2, 0.25) is 11.8 Å². The fraction of sp³-hybridized carbons (Fsp3) is 0.370. The molecule has 1 fully saturated rings. The molecule has 0 saturated heterocycles. The van der Waals surface area contributed by atoms with E-state index >= 15 is 0 Å². The van der Waals surface area contributed by atoms with E-state index in [1.165, 1.54) is 16.7 Å². The number of halogens is 1. The van der Waals surface area contributed by atoms with Crippen molar-refractivity contribution >= 4 is 45.7 Å². The van der Waals surface area contributed by atoms with Crippen molar-refractivity contribution in [2.45, 2.75) is 52.6 Å². The molecule has 1 atom stereocenters. The van der Waals surface area contributed by atoms with Gasteiger partial charge < -0.3 is 10.6 Å². The third-order valence-corrected chi connectivity index (χ3v) is 6.72. The molecule has 1 aromatic heterocycles. The van der Waals surface area contributed by atoms with Crippen molar-refractivity contribution in [3.05, 3.63) is 67.8 Å². The van der Waals surface area contributed by atoms with Gasteiger partial charge in [0, 0.05) is 37.3 Å². The Morgan fingerprint density at radius 2 is 1.68 bits per heavy atom. The van der Waals surface area contributed by atoms with Gasteiger partial charge in [-0.3, -0.25) is 23.5 Å². The van der Waals surface area contributed by atoms with Crippen LogP contribution < -0.4 is 21.9 Å². The van der Waals surface area contributed by atoms with E-state index in [2.05, 4.69) is 10.6 Å². The van der Waals surface area contributed by atoms with Crippen LogP contribution in [0.4, 0.5) is 11.4 Å². The SMILES string of the molecule is CCn1c(=O)n(CC2CC2)c(=O)c2cc(NC(=O)CC(C)CC(=O)Nc3ccc(C#N)c(Cl)c3)ccc21. The zero-order chi connectivity index (χ0) is 26.7. The van der Waals surface area contributed by atoms with Crippen LogP contribution in [0.25, 0.3) is 10.9 Å². The summed E-state index contributed by atoms with van der Waals surface area (Å²) in [5.41, 5.74) is 1.13. The largest absolute Gasteiger partial charge is 0.331 e. The van der Waals surface area contributed by atoms with Gasteiger partial charge in [0.1, 0.15) is 6.07 Å². The number of nitrogens with one attached hydrogen (secondary N) is 2. The van der Waals surface area contributed by atoms with E-state index < -0.39 is 0 Å². The predicted molar refractivity (Wildman–Crippen MR) is 143 cm³/mol. The molecule has 2 amide bonds. The summed E-state index contributed by atoms with van der Waals surface area (Å²) >= 11 is 6.00. The third-order valence-electron chi connectivity index (χ3n) is 6.40. The fourth-order valence-electron chi connectivity index (χ4n) is 4.34. The molecule has 1 saturated carbocycles. The maximum Gasteiger partial charge on any atom is 0.331 e. The zero-order valence-electron chi connectivity index (χ0n) is 20.7. The molecule has 0 radical (unpaired) electrons. The molecule has 3 aromatic rings. The smallest absolute Gasteiger partial charge is 0.326 e. The molecule has 10 heteroatoms. The lowest BCUT2D eigenvalue weighted by molar-refractivity contribution is -0.118. The number of carbonyl (C=O) groups excluding carboxylic acids is 2. The van der Waals surface area contributed by atoms with Gasteiger partial charge in [0.05, 0.1) is 21.5 Å². The lowest BCUT2D eigenvalue weighted by Crippen LogP contribution is -2.40. The van der Waals surface area contributed by atoms with Crippen molar-refractivity contribution in [2.75, 3.05) is 10.6 Å². The molecule has 2 aromatic carbocycles. The van der Waals surface area contributed by atoms with Gasteiger partial charge in [-0.2, -0.15) is 5.26 Å². The van der Waals surface area contributed by atoms with Gasteiger partial charge in [-0.1, -0.05) is 18.5 Å². The Morgan fingerprint density at radius 3 is 2.24 bits per heavy atom. The Labute approximate surface area is 218 Å². The Balaban J connectivity index is 1.42. The van der Waals surface area contributed by atoms with Crippen LogP contribution in [0.15, 0.2) is 46.0 Å². The first kappa shape index (κ1) is 26.2. The lowest BCUT2D eigenvalue weighted by Gasteiger charge is -2.15. The Morgan fingerprint density at radius 1 is 1.05 bits per heavy atom. The second kappa shape index (κ2) is 11.0. The second-order valence-corrected chi connectivity index (χ2v) is 9.94. The Kier molecular flexibility index (Phi) is 7.79. The third kappa shape index (κ3) is 6.09. The van der Waals surface area contributed by atoms with E-state index in [1.807, 2.05) is 13.0 Å². The minimum Gasteiger partial charge on any atom is -0.326 e. The van der Waals surface area contributed by atoms with Crippen molar-refractivity contribution in [3.63, 3.8) is 0 Å². The quantitative estimate of drug-likeness (QED) is 0.438. The number of nitriles is 1. The minimum atomic E-state index is -0.347. The number of anilines is 2. The molecule has 1 aliphatic rings. The maximum atomic E-state index is 13.1. The standard InChI is InChI=1S/C27H28ClN5O4/c1-3-32-23-9-8-19(12-21(23)26(36)33(27(32)37)15-17-4-5-17)30-24(34)10-16(2)11-25(35)31-20-7-6-18(14-29)22(28)13-20/h6-9,12-13,16-17H,3-5,10-11,15H2,1-2H3,(H,30,34)(H,31,35). The van der Waals surface area contributed by atoms with Crippen LogP contribution in [0, 0.1) is 23.2 Å². The molecule has 4 rings (SSSR count). The first-order valence-corrected chi connectivity index (χ1v) is 12.6. The average molecular weight is 522 g/mol. The van der Waals surface area contributed by atoms with E-state index in [-0.39, 0.29) is 46.8 Å². The molecule has 9 nitrogen and oxygen atoms in total. The molecule has 1 unspecified atom stereocenters. The van der Waals surface area contributed by atoms with Crippen LogP contribution in [0.3, 0.4) is 0 Å². The van der Waals surface area contributed by atoms with Crippen LogP contribution >= 0.6 is 11.6 Å². The topological polar surface area (TPSA) is 126 Å². The summed E-state index contributed by atoms with van der Waals surface area (Å²) in [7, 11) is 0. The number of hydrogen-bond acceptors (Lipinski definition) is 5. The summed E-state index contributed by atoms with van der Waals surface area (Å²) in [6.45, 7) is 4.50. The molecule has 1 aliphatic carbocycles. The molecule has 2 N–H and O–H groups in total. The van der Waals surface area contributed by atoms with Crippen molar-refractivity contribution in [3.8, 4) is 6.07 Å². The highest BCUT2D eigenvalue weighted by Gasteiger charge is 2.24. The molecule has 1 heterocycles. The normalized spacial score (nSPS) is 13.7. The molecule has 192 valence electrons. The summed E-state index contributed by atoms with van der Waals surface area (Å²) in [5.74, 6) is -0.456. The van der Waals surface area contributed by atoms with Crippen LogP contribution in [-0.2, 0) is 22.7 Å². The molecule has 37 heavy (non-hydrogen) atoms. The van der Waals surface area contributed by atoms with Gasteiger partial charge >= 0.3 is 5.69 Å². The zero-order valence-corrected chi connectivity index (χ0v) is 21.5. The molecule has 0 aliphatic heterocycles. The highest BCUT2D eigenvalue weighted by molar-refractivity contribution is 6.32. The van der Waals surface area contributed by atoms with E-state index in [9.17, 15) is 19.2 Å². The van der Waals surface area contributed by atoms with Crippen LogP contribution in [0.1, 0.15) is 45.1 Å². The van der Waals surface area contributed by atoms with Gasteiger partial charge in [-0.15, -0.1) is 0 Å². The molecule has 0 spiro atoms. The van der Waals surface area contributed by atoms with E-state index in [0.29, 0.717) is 46.8 Å². The summed E-state index contributed by atoms with van der Waals surface area (Å²) < 4.78 is 2.88. The highest BCUT2D eigenvalue weighted by atomic mass is 35.5. The van der Waals surface area contributed by atoms with Crippen molar-refractivity contribution in [2.24, 2.45) is 11.8 Å². The van der Waals surface area contributed by atoms with E-state index in [1.54, 1.807) is 35.8 Å². The molecule has 0 bridgehead atoms. The summed E-state index contributed by atoms with van der Waals surface area (Å²) in [6, 6.07) is 11.5. The molecular formula is C27H28ClN5O4. The van der Waals surface area contributed by atoms with Crippen LogP contribution in [0.5, 0.6) is 0 Å². The Bertz CT molecular complexity index is 1530. The number of rotatable bonds is 9. The average Bonchev–Trinajstić information content (AvgIpc) is 3.66. The van der Waals surface area contributed by atoms with Crippen LogP contribution in [-0.4, -0.2) is 20.9 Å². The van der Waals surface area contributed by atoms with Crippen molar-refractivity contribution < 1.29 is 9.59 Å². The van der Waals surface area contributed by atoms with Crippen molar-refractivity contribution in [1.29, 1.82) is 5.26 Å². The molecular weight excluding hydrogens is 494 g/mol. The minimum absolute atomic E-state index is 0.0972. The van der Waals surface area contributed by atoms with Gasteiger partial charge in [-0.05, 0) is 68.0 Å². The van der Waals surface area contributed by atoms with Gasteiger partial charge in [-0.25, -0.2) is 4.79 Å².